The molecule has 1 heterocycles. The third-order valence-corrected chi connectivity index (χ3v) is 1.50. The molecule has 0 amide bonds. The number of rotatable bonds is 0. The standard InChI is InChI=1S/C5H5IN2O/c1-8-3-4(6)7-2-5(8)9/h2-3H,1H3. The largest absolute Gasteiger partial charge is 0.315 e. The Morgan fingerprint density at radius 1 is 1.78 bits per heavy atom. The number of aryl methyl sites for hydroxylation is 1. The van der Waals surface area contributed by atoms with Gasteiger partial charge in [0.15, 0.2) is 0 Å². The summed E-state index contributed by atoms with van der Waals surface area (Å²) in [5.41, 5.74) is -0.0737. The highest BCUT2D eigenvalue weighted by molar-refractivity contribution is 14.1. The highest BCUT2D eigenvalue weighted by atomic mass is 127. The molecule has 0 N–H and O–H groups in total. The van der Waals surface area contributed by atoms with Crippen LogP contribution in [0.5, 0.6) is 0 Å². The van der Waals surface area contributed by atoms with Crippen molar-refractivity contribution in [3.8, 4) is 0 Å². The van der Waals surface area contributed by atoms with Gasteiger partial charge >= 0.3 is 0 Å². The van der Waals surface area contributed by atoms with Gasteiger partial charge in [0, 0.05) is 13.2 Å². The van der Waals surface area contributed by atoms with Crippen molar-refractivity contribution in [2.45, 2.75) is 0 Å². The minimum absolute atomic E-state index is 0.0737. The Balaban J connectivity index is 3.34. The van der Waals surface area contributed by atoms with Crippen LogP contribution in [0.25, 0.3) is 0 Å². The zero-order valence-electron chi connectivity index (χ0n) is 4.84. The Hall–Kier alpha value is -0.390. The van der Waals surface area contributed by atoms with Crippen LogP contribution in [-0.4, -0.2) is 9.55 Å². The fourth-order valence-electron chi connectivity index (χ4n) is 0.465. The number of halogens is 1. The average Bonchev–Trinajstić information content (AvgIpc) is 1.80. The number of hydrogen-bond acceptors (Lipinski definition) is 2. The molecule has 0 aliphatic carbocycles. The van der Waals surface area contributed by atoms with Crippen molar-refractivity contribution in [1.82, 2.24) is 9.55 Å². The fraction of sp³-hybridized carbons (Fsp3) is 0.200. The highest BCUT2D eigenvalue weighted by Crippen LogP contribution is 1.92. The van der Waals surface area contributed by atoms with Gasteiger partial charge in [-0.15, -0.1) is 0 Å². The van der Waals surface area contributed by atoms with Gasteiger partial charge in [-0.25, -0.2) is 4.98 Å². The van der Waals surface area contributed by atoms with Crippen molar-refractivity contribution in [3.05, 3.63) is 26.4 Å². The van der Waals surface area contributed by atoms with Gasteiger partial charge in [-0.1, -0.05) is 0 Å². The van der Waals surface area contributed by atoms with E-state index in [-0.39, 0.29) is 5.56 Å². The second-order valence-corrected chi connectivity index (χ2v) is 2.76. The van der Waals surface area contributed by atoms with Gasteiger partial charge in [-0.05, 0) is 22.6 Å². The van der Waals surface area contributed by atoms with Crippen LogP contribution in [0.2, 0.25) is 0 Å². The summed E-state index contributed by atoms with van der Waals surface area (Å²) in [6.07, 6.45) is 2.99. The first-order valence-corrected chi connectivity index (χ1v) is 3.46. The summed E-state index contributed by atoms with van der Waals surface area (Å²) in [6, 6.07) is 0. The van der Waals surface area contributed by atoms with E-state index >= 15 is 0 Å². The summed E-state index contributed by atoms with van der Waals surface area (Å²) in [5, 5.41) is 0. The molecule has 0 spiro atoms. The molecule has 0 atom stereocenters. The van der Waals surface area contributed by atoms with Gasteiger partial charge in [-0.3, -0.25) is 4.79 Å². The van der Waals surface area contributed by atoms with E-state index in [2.05, 4.69) is 27.6 Å². The zero-order chi connectivity index (χ0) is 6.85. The van der Waals surface area contributed by atoms with Crippen molar-refractivity contribution in [2.24, 2.45) is 7.05 Å². The van der Waals surface area contributed by atoms with Crippen molar-refractivity contribution in [1.29, 1.82) is 0 Å². The molecule has 0 saturated heterocycles. The molecule has 0 aliphatic rings. The van der Waals surface area contributed by atoms with Gasteiger partial charge in [0.25, 0.3) is 5.56 Å². The lowest BCUT2D eigenvalue weighted by molar-refractivity contribution is 0.831. The highest BCUT2D eigenvalue weighted by Gasteiger charge is 1.89. The Morgan fingerprint density at radius 3 is 2.89 bits per heavy atom. The lowest BCUT2D eigenvalue weighted by atomic mass is 10.7. The van der Waals surface area contributed by atoms with E-state index in [9.17, 15) is 4.79 Å². The smallest absolute Gasteiger partial charge is 0.268 e. The molecular weight excluding hydrogens is 231 g/mol. The summed E-state index contributed by atoms with van der Waals surface area (Å²) in [6.45, 7) is 0. The summed E-state index contributed by atoms with van der Waals surface area (Å²) in [5.74, 6) is 0. The summed E-state index contributed by atoms with van der Waals surface area (Å²) in [4.78, 5) is 14.5. The Bertz CT molecular complexity index is 268. The predicted molar refractivity (Wildman–Crippen MR) is 42.2 cm³/mol. The van der Waals surface area contributed by atoms with Crippen molar-refractivity contribution < 1.29 is 0 Å². The molecule has 3 nitrogen and oxygen atoms in total. The number of aromatic nitrogens is 2. The molecule has 0 bridgehead atoms. The van der Waals surface area contributed by atoms with Crippen LogP contribution in [-0.2, 0) is 7.05 Å². The van der Waals surface area contributed by atoms with Crippen molar-refractivity contribution >= 4 is 22.6 Å². The molecule has 0 aliphatic heterocycles. The molecule has 0 saturated carbocycles. The van der Waals surface area contributed by atoms with E-state index in [1.54, 1.807) is 13.2 Å². The Kier molecular flexibility index (Phi) is 1.84. The minimum Gasteiger partial charge on any atom is -0.315 e. The van der Waals surface area contributed by atoms with E-state index < -0.39 is 0 Å². The number of hydrogen-bond donors (Lipinski definition) is 0. The van der Waals surface area contributed by atoms with E-state index in [0.717, 1.165) is 3.70 Å². The zero-order valence-corrected chi connectivity index (χ0v) is 6.99. The van der Waals surface area contributed by atoms with Crippen LogP contribution < -0.4 is 5.56 Å². The van der Waals surface area contributed by atoms with Gasteiger partial charge in [0.1, 0.15) is 3.70 Å². The fourth-order valence-corrected chi connectivity index (χ4v) is 1.02. The molecule has 1 aromatic rings. The van der Waals surface area contributed by atoms with Gasteiger partial charge in [-0.2, -0.15) is 0 Å². The Labute approximate surface area is 65.9 Å². The average molecular weight is 236 g/mol. The Morgan fingerprint density at radius 2 is 2.44 bits per heavy atom. The minimum atomic E-state index is -0.0737. The predicted octanol–water partition coefficient (Wildman–Crippen LogP) is 0.385. The maximum absolute atomic E-state index is 10.7. The second-order valence-electron chi connectivity index (χ2n) is 1.66. The maximum Gasteiger partial charge on any atom is 0.268 e. The molecule has 0 fully saturated rings. The summed E-state index contributed by atoms with van der Waals surface area (Å²) < 4.78 is 2.32. The molecular formula is C5H5IN2O. The third kappa shape index (κ3) is 1.51. The lowest BCUT2D eigenvalue weighted by Crippen LogP contribution is -2.15. The van der Waals surface area contributed by atoms with Crippen LogP contribution >= 0.6 is 22.6 Å². The lowest BCUT2D eigenvalue weighted by Gasteiger charge is -1.92. The first kappa shape index (κ1) is 6.73. The molecule has 0 aromatic carbocycles. The van der Waals surface area contributed by atoms with Gasteiger partial charge < -0.3 is 4.57 Å². The molecule has 1 aromatic heterocycles. The van der Waals surface area contributed by atoms with Crippen molar-refractivity contribution in [2.75, 3.05) is 0 Å². The quantitative estimate of drug-likeness (QED) is 0.610. The van der Waals surface area contributed by atoms with E-state index in [0.29, 0.717) is 0 Å². The van der Waals surface area contributed by atoms with E-state index in [4.69, 9.17) is 0 Å². The molecule has 0 unspecified atom stereocenters. The summed E-state index contributed by atoms with van der Waals surface area (Å²) in [7, 11) is 1.70. The molecule has 4 heteroatoms. The molecule has 48 valence electrons. The molecule has 9 heavy (non-hydrogen) atoms. The number of nitrogens with zero attached hydrogens (tertiary/aromatic N) is 2. The SMILES string of the molecule is Cn1cc(I)ncc1=O. The maximum atomic E-state index is 10.7. The van der Waals surface area contributed by atoms with Crippen LogP contribution in [0.1, 0.15) is 0 Å². The third-order valence-electron chi connectivity index (χ3n) is 0.946. The first-order chi connectivity index (χ1) is 4.20. The van der Waals surface area contributed by atoms with E-state index in [1.165, 1.54) is 10.8 Å². The molecule has 1 rings (SSSR count). The van der Waals surface area contributed by atoms with Gasteiger partial charge in [0.2, 0.25) is 0 Å². The van der Waals surface area contributed by atoms with Crippen LogP contribution in [0.15, 0.2) is 17.2 Å². The van der Waals surface area contributed by atoms with Crippen molar-refractivity contribution in [3.63, 3.8) is 0 Å². The van der Waals surface area contributed by atoms with Crippen LogP contribution in [0.4, 0.5) is 0 Å². The van der Waals surface area contributed by atoms with Gasteiger partial charge in [0.05, 0.1) is 6.20 Å². The molecule has 0 radical (unpaired) electrons. The normalized spacial score (nSPS) is 9.56. The van der Waals surface area contributed by atoms with Crippen LogP contribution in [0, 0.1) is 3.70 Å². The van der Waals surface area contributed by atoms with Crippen LogP contribution in [0.3, 0.4) is 0 Å². The van der Waals surface area contributed by atoms with E-state index in [1.807, 2.05) is 0 Å². The first-order valence-electron chi connectivity index (χ1n) is 2.38. The second kappa shape index (κ2) is 2.47. The topological polar surface area (TPSA) is 34.9 Å². The summed E-state index contributed by atoms with van der Waals surface area (Å²) >= 11 is 2.05. The monoisotopic (exact) mass is 236 g/mol.